The number of ether oxygens (including phenoxy) is 2. The van der Waals surface area contributed by atoms with E-state index in [1.54, 1.807) is 10.9 Å². The maximum atomic E-state index is 11.8. The van der Waals surface area contributed by atoms with E-state index in [4.69, 9.17) is 21.1 Å². The van der Waals surface area contributed by atoms with Crippen molar-refractivity contribution in [3.8, 4) is 5.88 Å². The number of carbonyl (C=O) groups is 1. The highest BCUT2D eigenvalue weighted by molar-refractivity contribution is 6.32. The van der Waals surface area contributed by atoms with E-state index in [2.05, 4.69) is 10.1 Å². The number of aryl methyl sites for hydroxylation is 1. The number of rotatable bonds is 7. The first-order valence-corrected chi connectivity index (χ1v) is 7.01. The van der Waals surface area contributed by atoms with Crippen molar-refractivity contribution in [2.75, 3.05) is 13.2 Å². The molecule has 7 heteroatoms. The summed E-state index contributed by atoms with van der Waals surface area (Å²) in [5.41, 5.74) is 0.308. The summed E-state index contributed by atoms with van der Waals surface area (Å²) < 4.78 is 12.1. The van der Waals surface area contributed by atoms with E-state index in [1.807, 2.05) is 19.2 Å². The molecule has 0 atom stereocenters. The molecule has 6 nitrogen and oxygen atoms in total. The fourth-order valence-electron chi connectivity index (χ4n) is 1.69. The molecule has 21 heavy (non-hydrogen) atoms. The summed E-state index contributed by atoms with van der Waals surface area (Å²) in [6.45, 7) is 3.30. The van der Waals surface area contributed by atoms with E-state index >= 15 is 0 Å². The summed E-state index contributed by atoms with van der Waals surface area (Å²) in [5.74, 6) is -0.137. The zero-order valence-corrected chi connectivity index (χ0v) is 12.4. The Bertz CT molecular complexity index is 587. The summed E-state index contributed by atoms with van der Waals surface area (Å²) in [6, 6.07) is 3.34. The van der Waals surface area contributed by atoms with Crippen molar-refractivity contribution in [1.82, 2.24) is 14.8 Å². The molecule has 0 saturated carbocycles. The second-order valence-electron chi connectivity index (χ2n) is 4.20. The van der Waals surface area contributed by atoms with Gasteiger partial charge in [-0.1, -0.05) is 11.6 Å². The van der Waals surface area contributed by atoms with Crippen LogP contribution in [0, 0.1) is 0 Å². The van der Waals surface area contributed by atoms with Crippen LogP contribution in [0.4, 0.5) is 0 Å². The maximum Gasteiger partial charge on any atom is 0.339 e. The molecule has 0 N–H and O–H groups in total. The van der Waals surface area contributed by atoms with E-state index in [-0.39, 0.29) is 0 Å². The molecule has 0 spiro atoms. The third kappa shape index (κ3) is 4.46. The van der Waals surface area contributed by atoms with Crippen molar-refractivity contribution in [2.24, 2.45) is 0 Å². The lowest BCUT2D eigenvalue weighted by Gasteiger charge is -2.07. The van der Waals surface area contributed by atoms with Crippen LogP contribution >= 0.6 is 11.6 Å². The van der Waals surface area contributed by atoms with Crippen molar-refractivity contribution < 1.29 is 14.3 Å². The van der Waals surface area contributed by atoms with Crippen molar-refractivity contribution >= 4 is 17.6 Å². The Balaban J connectivity index is 1.81. The van der Waals surface area contributed by atoms with E-state index in [0.717, 1.165) is 0 Å². The SMILES string of the molecule is CCOc1ncc(C(=O)OCCCn2cccn2)cc1Cl. The van der Waals surface area contributed by atoms with Crippen LogP contribution in [0.2, 0.25) is 5.02 Å². The Morgan fingerprint density at radius 2 is 2.33 bits per heavy atom. The molecule has 2 aromatic heterocycles. The summed E-state index contributed by atoms with van der Waals surface area (Å²) in [4.78, 5) is 15.8. The summed E-state index contributed by atoms with van der Waals surface area (Å²) in [7, 11) is 0. The van der Waals surface area contributed by atoms with Gasteiger partial charge in [0.1, 0.15) is 5.02 Å². The second kappa shape index (κ2) is 7.64. The van der Waals surface area contributed by atoms with Crippen molar-refractivity contribution in [1.29, 1.82) is 0 Å². The number of pyridine rings is 1. The smallest absolute Gasteiger partial charge is 0.339 e. The molecule has 0 aliphatic carbocycles. The number of hydrogen-bond donors (Lipinski definition) is 0. The van der Waals surface area contributed by atoms with Crippen LogP contribution in [0.5, 0.6) is 5.88 Å². The predicted octanol–water partition coefficient (Wildman–Crippen LogP) is 2.58. The van der Waals surface area contributed by atoms with Gasteiger partial charge >= 0.3 is 5.97 Å². The lowest BCUT2D eigenvalue weighted by atomic mass is 10.3. The number of esters is 1. The minimum absolute atomic E-state index is 0.294. The molecule has 2 aromatic rings. The maximum absolute atomic E-state index is 11.8. The van der Waals surface area contributed by atoms with Gasteiger partial charge in [-0.3, -0.25) is 4.68 Å². The van der Waals surface area contributed by atoms with Gasteiger partial charge in [-0.25, -0.2) is 9.78 Å². The fourth-order valence-corrected chi connectivity index (χ4v) is 1.91. The van der Waals surface area contributed by atoms with Crippen molar-refractivity contribution in [2.45, 2.75) is 19.9 Å². The number of carbonyl (C=O) groups excluding carboxylic acids is 1. The van der Waals surface area contributed by atoms with Crippen LogP contribution in [0.25, 0.3) is 0 Å². The summed E-state index contributed by atoms with van der Waals surface area (Å²) in [5, 5.41) is 4.36. The van der Waals surface area contributed by atoms with Gasteiger partial charge in [0, 0.05) is 31.6 Å². The van der Waals surface area contributed by atoms with Gasteiger partial charge in [-0.2, -0.15) is 5.10 Å². The lowest BCUT2D eigenvalue weighted by molar-refractivity contribution is 0.0494. The molecule has 0 aliphatic heterocycles. The number of nitrogens with zero attached hydrogens (tertiary/aromatic N) is 3. The van der Waals surface area contributed by atoms with Crippen molar-refractivity contribution in [3.05, 3.63) is 41.3 Å². The molecule has 112 valence electrons. The molecule has 0 aromatic carbocycles. The third-order valence-electron chi connectivity index (χ3n) is 2.65. The summed E-state index contributed by atoms with van der Waals surface area (Å²) >= 11 is 5.97. The quantitative estimate of drug-likeness (QED) is 0.581. The first-order valence-electron chi connectivity index (χ1n) is 6.63. The van der Waals surface area contributed by atoms with Crippen LogP contribution in [-0.4, -0.2) is 33.9 Å². The van der Waals surface area contributed by atoms with Crippen LogP contribution in [0.3, 0.4) is 0 Å². The molecule has 0 radical (unpaired) electrons. The fraction of sp³-hybridized carbons (Fsp3) is 0.357. The van der Waals surface area contributed by atoms with Gasteiger partial charge in [0.2, 0.25) is 5.88 Å². The average Bonchev–Trinajstić information content (AvgIpc) is 2.99. The van der Waals surface area contributed by atoms with Gasteiger partial charge in [-0.05, 0) is 19.1 Å². The second-order valence-corrected chi connectivity index (χ2v) is 4.61. The van der Waals surface area contributed by atoms with Gasteiger partial charge < -0.3 is 9.47 Å². The van der Waals surface area contributed by atoms with E-state index in [9.17, 15) is 4.79 Å². The Morgan fingerprint density at radius 3 is 3.00 bits per heavy atom. The third-order valence-corrected chi connectivity index (χ3v) is 2.92. The first-order chi connectivity index (χ1) is 10.2. The molecular weight excluding hydrogens is 294 g/mol. The molecule has 0 fully saturated rings. The topological polar surface area (TPSA) is 66.2 Å². The minimum atomic E-state index is -0.451. The summed E-state index contributed by atoms with van der Waals surface area (Å²) in [6.07, 6.45) is 5.65. The highest BCUT2D eigenvalue weighted by Crippen LogP contribution is 2.22. The minimum Gasteiger partial charge on any atom is -0.477 e. The largest absolute Gasteiger partial charge is 0.477 e. The molecule has 0 saturated heterocycles. The van der Waals surface area contributed by atoms with Crippen LogP contribution in [0.15, 0.2) is 30.7 Å². The Hall–Kier alpha value is -2.08. The Labute approximate surface area is 127 Å². The normalized spacial score (nSPS) is 10.4. The molecule has 0 unspecified atom stereocenters. The molecule has 0 amide bonds. The van der Waals surface area contributed by atoms with Gasteiger partial charge in [0.05, 0.1) is 18.8 Å². The van der Waals surface area contributed by atoms with E-state index < -0.39 is 5.97 Å². The van der Waals surface area contributed by atoms with Crippen LogP contribution in [-0.2, 0) is 11.3 Å². The van der Waals surface area contributed by atoms with E-state index in [1.165, 1.54) is 12.3 Å². The highest BCUT2D eigenvalue weighted by Gasteiger charge is 2.11. The average molecular weight is 310 g/mol. The standard InChI is InChI=1S/C14H16ClN3O3/c1-2-20-13-12(15)9-11(10-16-13)14(19)21-8-4-7-18-6-3-5-17-18/h3,5-6,9-10H,2,4,7-8H2,1H3. The number of halogens is 1. The number of aromatic nitrogens is 3. The van der Waals surface area contributed by atoms with Crippen molar-refractivity contribution in [3.63, 3.8) is 0 Å². The van der Waals surface area contributed by atoms with Gasteiger partial charge in [0.15, 0.2) is 0 Å². The van der Waals surface area contributed by atoms with Crippen LogP contribution < -0.4 is 4.74 Å². The van der Waals surface area contributed by atoms with E-state index in [0.29, 0.717) is 42.6 Å². The van der Waals surface area contributed by atoms with Gasteiger partial charge in [-0.15, -0.1) is 0 Å². The van der Waals surface area contributed by atoms with Crippen LogP contribution in [0.1, 0.15) is 23.7 Å². The predicted molar refractivity (Wildman–Crippen MR) is 77.5 cm³/mol. The Kier molecular flexibility index (Phi) is 5.57. The Morgan fingerprint density at radius 1 is 1.48 bits per heavy atom. The lowest BCUT2D eigenvalue weighted by Crippen LogP contribution is -2.09. The highest BCUT2D eigenvalue weighted by atomic mass is 35.5. The molecule has 0 bridgehead atoms. The molecular formula is C14H16ClN3O3. The zero-order valence-electron chi connectivity index (χ0n) is 11.7. The van der Waals surface area contributed by atoms with Gasteiger partial charge in [0.25, 0.3) is 0 Å². The number of hydrogen-bond acceptors (Lipinski definition) is 5. The molecule has 0 aliphatic rings. The molecule has 2 heterocycles. The zero-order chi connectivity index (χ0) is 15.1. The first kappa shape index (κ1) is 15.3. The monoisotopic (exact) mass is 309 g/mol. The molecule has 2 rings (SSSR count).